The fourth-order valence-electron chi connectivity index (χ4n) is 0.421. The van der Waals surface area contributed by atoms with Crippen molar-refractivity contribution in [1.82, 2.24) is 0 Å². The lowest BCUT2D eigenvalue weighted by Gasteiger charge is -1.94. The lowest BCUT2D eigenvalue weighted by atomic mass is 10.3. The van der Waals surface area contributed by atoms with Gasteiger partial charge in [-0.2, -0.15) is 0 Å². The molecule has 0 fully saturated rings. The average molecular weight is 170 g/mol. The van der Waals surface area contributed by atoms with Crippen LogP contribution in [0.15, 0.2) is 36.2 Å². The second kappa shape index (κ2) is 5.12. The van der Waals surface area contributed by atoms with E-state index in [1.165, 1.54) is 13.2 Å². The van der Waals surface area contributed by atoms with Crippen LogP contribution in [-0.2, 0) is 4.74 Å². The molecule has 12 heavy (non-hydrogen) atoms. The maximum atomic E-state index is 10.3. The number of nitrogens with zero attached hydrogens (tertiary/aromatic N) is 1. The molecule has 0 radical (unpaired) electrons. The van der Waals surface area contributed by atoms with E-state index in [1.807, 2.05) is 0 Å². The normalized spacial score (nSPS) is 14.5. The highest BCUT2D eigenvalue weighted by molar-refractivity contribution is 5.16. The maximum absolute atomic E-state index is 10.3. The molecule has 0 unspecified atom stereocenters. The number of allylic oxidation sites excluding steroid dienone is 4. The Balaban J connectivity index is 4.98. The minimum atomic E-state index is -0.658. The van der Waals surface area contributed by atoms with Crippen molar-refractivity contribution in [3.63, 3.8) is 0 Å². The van der Waals surface area contributed by atoms with E-state index in [9.17, 15) is 10.1 Å². The van der Waals surface area contributed by atoms with Gasteiger partial charge in [-0.05, 0) is 13.0 Å². The lowest BCUT2D eigenvalue weighted by molar-refractivity contribution is -0.418. The van der Waals surface area contributed by atoms with Crippen molar-refractivity contribution in [2.45, 2.75) is 6.92 Å². The van der Waals surface area contributed by atoms with Crippen LogP contribution in [0.3, 0.4) is 0 Å². The minimum absolute atomic E-state index is 0.223. The lowest BCUT2D eigenvalue weighted by Crippen LogP contribution is -1.93. The molecule has 0 aliphatic carbocycles. The Kier molecular flexibility index (Phi) is 3.63. The quantitative estimate of drug-likeness (QED) is 0.280. The van der Waals surface area contributed by atoms with Crippen LogP contribution < -0.4 is 0 Å². The number of methoxy groups -OCH3 is 1. The Bertz CT molecular complexity index is 281. The van der Waals surface area contributed by atoms with E-state index in [4.69, 9.17) is 6.11 Å². The van der Waals surface area contributed by atoms with Crippen LogP contribution in [0, 0.1) is 10.1 Å². The van der Waals surface area contributed by atoms with Gasteiger partial charge in [-0.3, -0.25) is 10.1 Å². The van der Waals surface area contributed by atoms with Crippen molar-refractivity contribution >= 4 is 0 Å². The van der Waals surface area contributed by atoms with Gasteiger partial charge in [0, 0.05) is 12.1 Å². The Hall–Kier alpha value is -1.58. The van der Waals surface area contributed by atoms with Gasteiger partial charge in [0.05, 0.1) is 19.2 Å². The summed E-state index contributed by atoms with van der Waals surface area (Å²) in [5.41, 5.74) is -0.337. The molecule has 0 atom stereocenters. The summed E-state index contributed by atoms with van der Waals surface area (Å²) in [4.78, 5) is 9.67. The zero-order chi connectivity index (χ0) is 10.4. The van der Waals surface area contributed by atoms with Crippen molar-refractivity contribution in [2.75, 3.05) is 7.11 Å². The summed E-state index contributed by atoms with van der Waals surface area (Å²) in [6.07, 6.45) is 2.29. The predicted molar refractivity (Wildman–Crippen MR) is 46.0 cm³/mol. The number of hydrogen-bond donors (Lipinski definition) is 0. The van der Waals surface area contributed by atoms with E-state index in [-0.39, 0.29) is 11.7 Å². The van der Waals surface area contributed by atoms with E-state index >= 15 is 0 Å². The Morgan fingerprint density at radius 2 is 2.42 bits per heavy atom. The summed E-state index contributed by atoms with van der Waals surface area (Å²) in [5.74, 6) is 0.436. The first-order valence-corrected chi connectivity index (χ1v) is 3.23. The van der Waals surface area contributed by atoms with Crippen LogP contribution in [0.25, 0.3) is 0 Å². The highest BCUT2D eigenvalue weighted by atomic mass is 16.6. The molecule has 0 bridgehead atoms. The molecule has 4 heteroatoms. The van der Waals surface area contributed by atoms with Crippen LogP contribution in [0.5, 0.6) is 0 Å². The average Bonchev–Trinajstić information content (AvgIpc) is 2.04. The molecular weight excluding hydrogens is 158 g/mol. The van der Waals surface area contributed by atoms with E-state index in [0.29, 0.717) is 5.76 Å². The van der Waals surface area contributed by atoms with Gasteiger partial charge in [-0.15, -0.1) is 0 Å². The fourth-order valence-corrected chi connectivity index (χ4v) is 0.421. The van der Waals surface area contributed by atoms with Crippen molar-refractivity contribution in [1.29, 1.82) is 0 Å². The van der Waals surface area contributed by atoms with Crippen molar-refractivity contribution < 1.29 is 11.0 Å². The van der Waals surface area contributed by atoms with Crippen molar-refractivity contribution in [3.8, 4) is 0 Å². The van der Waals surface area contributed by atoms with E-state index in [2.05, 4.69) is 6.58 Å². The topological polar surface area (TPSA) is 52.4 Å². The zero-order valence-corrected chi connectivity index (χ0v) is 7.03. The first kappa shape index (κ1) is 8.52. The molecule has 0 aromatic rings. The molecule has 0 aliphatic rings. The molecule has 0 amide bonds. The van der Waals surface area contributed by atoms with Crippen LogP contribution in [0.4, 0.5) is 0 Å². The van der Waals surface area contributed by atoms with Gasteiger partial charge in [-0.25, -0.2) is 0 Å². The third kappa shape index (κ3) is 3.55. The van der Waals surface area contributed by atoms with Crippen LogP contribution in [0.1, 0.15) is 8.29 Å². The van der Waals surface area contributed by atoms with Crippen molar-refractivity contribution in [3.05, 3.63) is 46.4 Å². The smallest absolute Gasteiger partial charge is 0.268 e. The molecule has 4 nitrogen and oxygen atoms in total. The molecule has 0 aromatic carbocycles. The number of ether oxygens (including phenoxy) is 1. The molecule has 0 rings (SSSR count). The third-order valence-corrected chi connectivity index (χ3v) is 1.14. The molecular formula is C8H11NO3. The number of rotatable bonds is 4. The third-order valence-electron chi connectivity index (χ3n) is 1.14. The Labute approximate surface area is 72.4 Å². The minimum Gasteiger partial charge on any atom is -0.501 e. The molecule has 66 valence electrons. The van der Waals surface area contributed by atoms with Gasteiger partial charge in [0.2, 0.25) is 0 Å². The molecule has 0 N–H and O–H groups in total. The molecule has 0 aromatic heterocycles. The fraction of sp³-hybridized carbons (Fsp3) is 0.250. The Morgan fingerprint density at radius 3 is 2.75 bits per heavy atom. The zero-order valence-electron chi connectivity index (χ0n) is 8.03. The summed E-state index contributed by atoms with van der Waals surface area (Å²) in [6.45, 7) is 4.85. The first-order valence-electron chi connectivity index (χ1n) is 3.73. The van der Waals surface area contributed by atoms with Crippen LogP contribution in [0.2, 0.25) is 0 Å². The summed E-state index contributed by atoms with van der Waals surface area (Å²) in [7, 11) is 1.43. The largest absolute Gasteiger partial charge is 0.501 e. The summed E-state index contributed by atoms with van der Waals surface area (Å²) >= 11 is 0. The van der Waals surface area contributed by atoms with E-state index in [0.717, 1.165) is 6.08 Å². The maximum Gasteiger partial charge on any atom is 0.268 e. The second-order valence-electron chi connectivity index (χ2n) is 1.95. The standard InChI is InChI=1S/C8H11NO3/c1-4-8(9(10)11)6-5-7(2)12-3/h4-6H,1H2,2-3H3/b7-5+,8-6+/i6D. The molecule has 0 aliphatic heterocycles. The van der Waals surface area contributed by atoms with Gasteiger partial charge >= 0.3 is 0 Å². The van der Waals surface area contributed by atoms with Gasteiger partial charge in [0.15, 0.2) is 0 Å². The molecule has 0 spiro atoms. The Morgan fingerprint density at radius 1 is 1.83 bits per heavy atom. The highest BCUT2D eigenvalue weighted by Crippen LogP contribution is 1.99. The SMILES string of the molecule is [2H]C(/C=C(\C)OC)=C(/C=C)[N+](=O)[O-]. The summed E-state index contributed by atoms with van der Waals surface area (Å²) in [5, 5.41) is 10.3. The summed E-state index contributed by atoms with van der Waals surface area (Å²) in [6, 6.07) is -0.223. The van der Waals surface area contributed by atoms with Gasteiger partial charge < -0.3 is 4.74 Å². The van der Waals surface area contributed by atoms with Crippen LogP contribution >= 0.6 is 0 Å². The molecule has 0 saturated carbocycles. The van der Waals surface area contributed by atoms with E-state index < -0.39 is 4.92 Å². The summed E-state index contributed by atoms with van der Waals surface area (Å²) < 4.78 is 12.0. The second-order valence-corrected chi connectivity index (χ2v) is 1.95. The monoisotopic (exact) mass is 170 g/mol. The van der Waals surface area contributed by atoms with Crippen LogP contribution in [-0.4, -0.2) is 12.0 Å². The van der Waals surface area contributed by atoms with Gasteiger partial charge in [-0.1, -0.05) is 6.58 Å². The van der Waals surface area contributed by atoms with Crippen molar-refractivity contribution in [2.24, 2.45) is 0 Å². The molecule has 0 heterocycles. The van der Waals surface area contributed by atoms with Gasteiger partial charge in [0.25, 0.3) is 5.70 Å². The first-order chi connectivity index (χ1) is 6.02. The number of hydrogen-bond acceptors (Lipinski definition) is 3. The number of nitro groups is 1. The predicted octanol–water partition coefficient (Wildman–Crippen LogP) is 1.88. The molecule has 0 saturated heterocycles. The van der Waals surface area contributed by atoms with Gasteiger partial charge in [0.1, 0.15) is 0 Å². The van der Waals surface area contributed by atoms with E-state index in [1.54, 1.807) is 6.92 Å². The highest BCUT2D eigenvalue weighted by Gasteiger charge is 2.01.